The van der Waals surface area contributed by atoms with Crippen molar-refractivity contribution in [3.8, 4) is 0 Å². The third-order valence-corrected chi connectivity index (χ3v) is 5.10. The molecule has 0 unspecified atom stereocenters. The van der Waals surface area contributed by atoms with Gasteiger partial charge in [-0.1, -0.05) is 11.6 Å². The van der Waals surface area contributed by atoms with Crippen molar-refractivity contribution in [2.24, 2.45) is 0 Å². The lowest BCUT2D eigenvalue weighted by Gasteiger charge is -2.28. The van der Waals surface area contributed by atoms with Crippen LogP contribution in [-0.4, -0.2) is 20.5 Å². The first kappa shape index (κ1) is 15.0. The Morgan fingerprint density at radius 1 is 1.26 bits per heavy atom. The van der Waals surface area contributed by atoms with Gasteiger partial charge in [0.1, 0.15) is 11.0 Å². The van der Waals surface area contributed by atoms with Crippen molar-refractivity contribution in [3.63, 3.8) is 0 Å². The van der Waals surface area contributed by atoms with E-state index < -0.39 is 5.92 Å². The van der Waals surface area contributed by atoms with Gasteiger partial charge in [0.2, 0.25) is 5.92 Å². The third kappa shape index (κ3) is 2.53. The lowest BCUT2D eigenvalue weighted by Crippen LogP contribution is -2.25. The van der Waals surface area contributed by atoms with E-state index in [1.807, 2.05) is 0 Å². The summed E-state index contributed by atoms with van der Waals surface area (Å²) in [5, 5.41) is 0.672. The van der Waals surface area contributed by atoms with Crippen molar-refractivity contribution in [2.75, 3.05) is 0 Å². The maximum atomic E-state index is 13.4. The molecular weight excluding hydrogens is 324 g/mol. The van der Waals surface area contributed by atoms with Crippen LogP contribution in [0.5, 0.6) is 0 Å². The van der Waals surface area contributed by atoms with Crippen molar-refractivity contribution in [1.82, 2.24) is 14.5 Å². The lowest BCUT2D eigenvalue weighted by molar-refractivity contribution is -0.0383. The van der Waals surface area contributed by atoms with Crippen molar-refractivity contribution in [1.29, 1.82) is 0 Å². The van der Waals surface area contributed by atoms with E-state index in [0.717, 1.165) is 18.7 Å². The zero-order valence-corrected chi connectivity index (χ0v) is 13.2. The van der Waals surface area contributed by atoms with E-state index in [1.165, 1.54) is 0 Å². The summed E-state index contributed by atoms with van der Waals surface area (Å²) in [6.07, 6.45) is 2.03. The number of fused-ring (bicyclic) bond motifs is 2. The van der Waals surface area contributed by atoms with Gasteiger partial charge in [0.25, 0.3) is 5.56 Å². The molecule has 2 aromatic rings. The average molecular weight is 340 g/mol. The number of hydrogen-bond donors (Lipinski definition) is 0. The summed E-state index contributed by atoms with van der Waals surface area (Å²) in [6.45, 7) is 0.669. The fourth-order valence-corrected chi connectivity index (χ4v) is 3.87. The van der Waals surface area contributed by atoms with Gasteiger partial charge >= 0.3 is 0 Å². The van der Waals surface area contributed by atoms with E-state index in [4.69, 9.17) is 11.6 Å². The largest absolute Gasteiger partial charge is 0.296 e. The Kier molecular flexibility index (Phi) is 3.41. The molecule has 0 N–H and O–H groups in total. The van der Waals surface area contributed by atoms with E-state index >= 15 is 0 Å². The van der Waals surface area contributed by atoms with Crippen LogP contribution in [0.2, 0.25) is 5.15 Å². The first-order valence-corrected chi connectivity index (χ1v) is 8.30. The summed E-state index contributed by atoms with van der Waals surface area (Å²) in [5.74, 6) is -1.96. The minimum atomic E-state index is -2.60. The lowest BCUT2D eigenvalue weighted by atomic mass is 9.84. The monoisotopic (exact) mass is 339 g/mol. The van der Waals surface area contributed by atoms with Gasteiger partial charge in [0, 0.05) is 31.7 Å². The highest BCUT2D eigenvalue weighted by Crippen LogP contribution is 2.41. The van der Waals surface area contributed by atoms with Crippen molar-refractivity contribution in [3.05, 3.63) is 33.1 Å². The quantitative estimate of drug-likeness (QED) is 0.744. The van der Waals surface area contributed by atoms with Gasteiger partial charge in [-0.05, 0) is 25.3 Å². The normalized spacial score (nSPS) is 20.8. The summed E-state index contributed by atoms with van der Waals surface area (Å²) in [7, 11) is 0. The van der Waals surface area contributed by atoms with Crippen molar-refractivity contribution >= 4 is 22.5 Å². The molecule has 0 radical (unpaired) electrons. The standard InChI is InChI=1S/C16H16ClF2N3O/c17-11-8-10-14(21-12-2-1-7-22(12)15(10)23)13(20-11)9-3-5-16(18,19)6-4-9/h8-9H,1-7H2. The number of nitrogens with zero attached hydrogens (tertiary/aromatic N) is 3. The van der Waals surface area contributed by atoms with Gasteiger partial charge in [-0.25, -0.2) is 18.7 Å². The number of aryl methyl sites for hydroxylation is 1. The van der Waals surface area contributed by atoms with Gasteiger partial charge in [-0.15, -0.1) is 0 Å². The van der Waals surface area contributed by atoms with E-state index in [2.05, 4.69) is 9.97 Å². The molecule has 1 saturated carbocycles. The second-order valence-corrected chi connectivity index (χ2v) is 6.83. The Bertz CT molecular complexity index is 839. The minimum absolute atomic E-state index is 0.103. The highest BCUT2D eigenvalue weighted by molar-refractivity contribution is 6.30. The molecule has 1 aliphatic heterocycles. The number of halogens is 3. The Morgan fingerprint density at radius 2 is 2.00 bits per heavy atom. The molecule has 2 aromatic heterocycles. The minimum Gasteiger partial charge on any atom is -0.296 e. The molecule has 7 heteroatoms. The fourth-order valence-electron chi connectivity index (χ4n) is 3.67. The zero-order chi connectivity index (χ0) is 16.2. The van der Waals surface area contributed by atoms with Crippen LogP contribution in [0.25, 0.3) is 10.9 Å². The van der Waals surface area contributed by atoms with Crippen LogP contribution in [0, 0.1) is 0 Å². The Balaban J connectivity index is 1.87. The molecular formula is C16H16ClF2N3O. The smallest absolute Gasteiger partial charge is 0.261 e. The molecule has 3 heterocycles. The van der Waals surface area contributed by atoms with E-state index in [1.54, 1.807) is 10.6 Å². The van der Waals surface area contributed by atoms with Crippen LogP contribution in [0.3, 0.4) is 0 Å². The molecule has 2 aliphatic rings. The number of aromatic nitrogens is 3. The first-order valence-electron chi connectivity index (χ1n) is 7.92. The summed E-state index contributed by atoms with van der Waals surface area (Å²) >= 11 is 6.09. The number of hydrogen-bond acceptors (Lipinski definition) is 3. The van der Waals surface area contributed by atoms with Crippen LogP contribution < -0.4 is 5.56 Å². The summed E-state index contributed by atoms with van der Waals surface area (Å²) in [6, 6.07) is 1.54. The highest BCUT2D eigenvalue weighted by atomic mass is 35.5. The van der Waals surface area contributed by atoms with Gasteiger partial charge in [-0.2, -0.15) is 0 Å². The van der Waals surface area contributed by atoms with Gasteiger partial charge in [0.15, 0.2) is 0 Å². The predicted molar refractivity (Wildman–Crippen MR) is 83.3 cm³/mol. The second kappa shape index (κ2) is 5.23. The van der Waals surface area contributed by atoms with E-state index in [0.29, 0.717) is 36.0 Å². The van der Waals surface area contributed by atoms with Crippen molar-refractivity contribution in [2.45, 2.75) is 56.9 Å². The molecule has 1 aliphatic carbocycles. The van der Waals surface area contributed by atoms with Crippen LogP contribution >= 0.6 is 11.6 Å². The van der Waals surface area contributed by atoms with E-state index in [-0.39, 0.29) is 29.5 Å². The molecule has 0 atom stereocenters. The van der Waals surface area contributed by atoms with Crippen LogP contribution in [-0.2, 0) is 13.0 Å². The summed E-state index contributed by atoms with van der Waals surface area (Å²) in [5.41, 5.74) is 1.05. The molecule has 4 nitrogen and oxygen atoms in total. The molecule has 0 amide bonds. The second-order valence-electron chi connectivity index (χ2n) is 6.44. The topological polar surface area (TPSA) is 47.8 Å². The van der Waals surface area contributed by atoms with Gasteiger partial charge < -0.3 is 0 Å². The van der Waals surface area contributed by atoms with Crippen LogP contribution in [0.4, 0.5) is 8.78 Å². The summed E-state index contributed by atoms with van der Waals surface area (Å²) in [4.78, 5) is 21.6. The highest BCUT2D eigenvalue weighted by Gasteiger charge is 2.37. The molecule has 0 saturated heterocycles. The van der Waals surface area contributed by atoms with Crippen molar-refractivity contribution < 1.29 is 8.78 Å². The van der Waals surface area contributed by atoms with Gasteiger partial charge in [0.05, 0.1) is 16.6 Å². The number of alkyl halides is 2. The predicted octanol–water partition coefficient (Wildman–Crippen LogP) is 3.68. The average Bonchev–Trinajstić information content (AvgIpc) is 2.97. The molecule has 1 fully saturated rings. The maximum Gasteiger partial charge on any atom is 0.261 e. The zero-order valence-electron chi connectivity index (χ0n) is 12.5. The first-order chi connectivity index (χ1) is 10.9. The number of rotatable bonds is 1. The SMILES string of the molecule is O=c1c2cc(Cl)nc(C3CCC(F)(F)CC3)c2nc2n1CCC2. The Hall–Kier alpha value is -1.56. The molecule has 0 bridgehead atoms. The van der Waals surface area contributed by atoms with Crippen LogP contribution in [0.1, 0.15) is 49.5 Å². The van der Waals surface area contributed by atoms with Gasteiger partial charge in [-0.3, -0.25) is 9.36 Å². The van der Waals surface area contributed by atoms with E-state index in [9.17, 15) is 13.6 Å². The maximum absolute atomic E-state index is 13.4. The molecule has 0 aromatic carbocycles. The Labute approximate surface area is 136 Å². The molecule has 23 heavy (non-hydrogen) atoms. The molecule has 4 rings (SSSR count). The summed E-state index contributed by atoms with van der Waals surface area (Å²) < 4.78 is 28.5. The Morgan fingerprint density at radius 3 is 2.74 bits per heavy atom. The molecule has 0 spiro atoms. The fraction of sp³-hybridized carbons (Fsp3) is 0.562. The molecule has 122 valence electrons. The third-order valence-electron chi connectivity index (χ3n) is 4.90. The van der Waals surface area contributed by atoms with Crippen LogP contribution in [0.15, 0.2) is 10.9 Å². The number of pyridine rings is 1.